The third kappa shape index (κ3) is 1.84. The Bertz CT molecular complexity index is 298. The largest absolute Gasteiger partial charge is 0.492 e. The molecule has 84 valence electrons. The Morgan fingerprint density at radius 3 is 2.13 bits per heavy atom. The maximum absolute atomic E-state index is 11.2. The van der Waals surface area contributed by atoms with Crippen molar-refractivity contribution in [1.82, 2.24) is 4.90 Å². The molecule has 0 N–H and O–H groups in total. The van der Waals surface area contributed by atoms with Crippen LogP contribution in [0.4, 0.5) is 0 Å². The van der Waals surface area contributed by atoms with E-state index in [1.807, 2.05) is 0 Å². The molecule has 1 heterocycles. The Kier molecular flexibility index (Phi) is 3.08. The van der Waals surface area contributed by atoms with Crippen LogP contribution < -0.4 is 0 Å². The predicted molar refractivity (Wildman–Crippen MR) is 48.6 cm³/mol. The van der Waals surface area contributed by atoms with Gasteiger partial charge in [0.1, 0.15) is 9.85 Å². The van der Waals surface area contributed by atoms with Crippen molar-refractivity contribution in [3.63, 3.8) is 0 Å². The average Bonchev–Trinajstić information content (AvgIpc) is 2.00. The van der Waals surface area contributed by atoms with E-state index in [1.54, 1.807) is 0 Å². The molecule has 0 saturated carbocycles. The van der Waals surface area contributed by atoms with E-state index in [2.05, 4.69) is 0 Å². The number of hydrogen-bond donors (Lipinski definition) is 0. The van der Waals surface area contributed by atoms with Gasteiger partial charge in [0.25, 0.3) is 0 Å². The highest BCUT2D eigenvalue weighted by Crippen LogP contribution is 2.25. The molecule has 8 nitrogen and oxygen atoms in total. The van der Waals surface area contributed by atoms with E-state index in [-0.39, 0.29) is 12.3 Å². The normalized spacial score (nSPS) is 18.1. The van der Waals surface area contributed by atoms with Crippen LogP contribution >= 0.6 is 11.6 Å². The molecule has 1 aliphatic heterocycles. The minimum atomic E-state index is -2.22. The topological polar surface area (TPSA) is 107 Å². The Labute approximate surface area is 89.1 Å². The third-order valence-electron chi connectivity index (χ3n) is 2.23. The number of carbonyl (C=O) groups is 1. The summed E-state index contributed by atoms with van der Waals surface area (Å²) in [6.45, 7) is -0.967. The number of nitrogens with zero attached hydrogens (tertiary/aromatic N) is 3. The summed E-state index contributed by atoms with van der Waals surface area (Å²) in [6.07, 6.45) is 0.0348. The molecule has 0 aromatic carbocycles. The lowest BCUT2D eigenvalue weighted by Gasteiger charge is -2.35. The molecule has 0 bridgehead atoms. The van der Waals surface area contributed by atoms with Gasteiger partial charge in [-0.2, -0.15) is 0 Å². The van der Waals surface area contributed by atoms with Crippen molar-refractivity contribution in [3.8, 4) is 0 Å². The smallest absolute Gasteiger partial charge is 0.314 e. The van der Waals surface area contributed by atoms with Crippen molar-refractivity contribution in [2.75, 3.05) is 19.0 Å². The van der Waals surface area contributed by atoms with Crippen LogP contribution in [0, 0.1) is 20.2 Å². The van der Waals surface area contributed by atoms with E-state index in [0.717, 1.165) is 4.90 Å². The predicted octanol–water partition coefficient (Wildman–Crippen LogP) is -0.293. The van der Waals surface area contributed by atoms with Gasteiger partial charge in [-0.1, -0.05) is 0 Å². The van der Waals surface area contributed by atoms with Crippen LogP contribution in [0.15, 0.2) is 0 Å². The average molecular weight is 238 g/mol. The molecule has 1 aliphatic rings. The van der Waals surface area contributed by atoms with Crippen molar-refractivity contribution in [2.45, 2.75) is 12.1 Å². The molecule has 0 atom stereocenters. The van der Waals surface area contributed by atoms with Gasteiger partial charge in [0.2, 0.25) is 5.91 Å². The monoisotopic (exact) mass is 237 g/mol. The second-order valence-corrected chi connectivity index (χ2v) is 3.56. The zero-order chi connectivity index (χ0) is 11.6. The summed E-state index contributed by atoms with van der Waals surface area (Å²) in [7, 11) is 0. The number of hydrogen-bond acceptors (Lipinski definition) is 5. The van der Waals surface area contributed by atoms with Gasteiger partial charge in [-0.25, -0.2) is 0 Å². The number of nitro groups is 2. The fourth-order valence-corrected chi connectivity index (χ4v) is 1.44. The van der Waals surface area contributed by atoms with E-state index >= 15 is 0 Å². The molecule has 1 saturated heterocycles. The quantitative estimate of drug-likeness (QED) is 0.289. The summed E-state index contributed by atoms with van der Waals surface area (Å²) in [6, 6.07) is 0. The molecule has 1 rings (SSSR count). The zero-order valence-corrected chi connectivity index (χ0v) is 8.35. The third-order valence-corrected chi connectivity index (χ3v) is 2.42. The van der Waals surface area contributed by atoms with Crippen molar-refractivity contribution >= 4 is 17.5 Å². The lowest BCUT2D eigenvalue weighted by molar-refractivity contribution is -0.809. The van der Waals surface area contributed by atoms with Gasteiger partial charge >= 0.3 is 5.66 Å². The van der Waals surface area contributed by atoms with E-state index in [4.69, 9.17) is 11.6 Å². The molecule has 9 heteroatoms. The zero-order valence-electron chi connectivity index (χ0n) is 7.59. The highest BCUT2D eigenvalue weighted by molar-refractivity contribution is 6.18. The Balaban J connectivity index is 2.63. The van der Waals surface area contributed by atoms with Crippen molar-refractivity contribution in [1.29, 1.82) is 0 Å². The highest BCUT2D eigenvalue weighted by atomic mass is 35.5. The summed E-state index contributed by atoms with van der Waals surface area (Å²) >= 11 is 5.30. The first-order valence-corrected chi connectivity index (χ1v) is 4.60. The fraction of sp³-hybridized carbons (Fsp3) is 0.833. The van der Waals surface area contributed by atoms with Crippen LogP contribution in [-0.4, -0.2) is 45.3 Å². The van der Waals surface area contributed by atoms with Gasteiger partial charge in [-0.15, -0.1) is 11.6 Å². The summed E-state index contributed by atoms with van der Waals surface area (Å²) < 4.78 is 0. The first-order chi connectivity index (χ1) is 6.94. The van der Waals surface area contributed by atoms with Crippen molar-refractivity contribution in [2.24, 2.45) is 0 Å². The van der Waals surface area contributed by atoms with Gasteiger partial charge in [-0.05, 0) is 0 Å². The maximum atomic E-state index is 11.2. The second kappa shape index (κ2) is 3.97. The van der Waals surface area contributed by atoms with Crippen molar-refractivity contribution < 1.29 is 14.6 Å². The molecule has 0 aromatic heterocycles. The SMILES string of the molecule is O=C(CCCl)N1CC([N+](=O)[O-])([N+](=O)[O-])C1. The minimum Gasteiger partial charge on any atom is -0.314 e. The summed E-state index contributed by atoms with van der Waals surface area (Å²) in [4.78, 5) is 31.2. The second-order valence-electron chi connectivity index (χ2n) is 3.19. The van der Waals surface area contributed by atoms with Crippen LogP contribution in [0.2, 0.25) is 0 Å². The number of alkyl halides is 1. The van der Waals surface area contributed by atoms with Crippen LogP contribution in [0.3, 0.4) is 0 Å². The van der Waals surface area contributed by atoms with Gasteiger partial charge in [-0.3, -0.25) is 25.0 Å². The number of rotatable bonds is 4. The van der Waals surface area contributed by atoms with Gasteiger partial charge in [0.15, 0.2) is 13.1 Å². The molecule has 15 heavy (non-hydrogen) atoms. The molecule has 0 aromatic rings. The maximum Gasteiger partial charge on any atom is 0.492 e. The molecule has 1 amide bonds. The lowest BCUT2D eigenvalue weighted by atomic mass is 10.0. The van der Waals surface area contributed by atoms with Gasteiger partial charge in [0, 0.05) is 12.3 Å². The van der Waals surface area contributed by atoms with E-state index in [9.17, 15) is 25.0 Å². The number of amides is 1. The molecule has 0 unspecified atom stereocenters. The van der Waals surface area contributed by atoms with Crippen LogP contribution in [-0.2, 0) is 4.79 Å². The summed E-state index contributed by atoms with van der Waals surface area (Å²) in [5.74, 6) is -0.302. The Morgan fingerprint density at radius 1 is 1.33 bits per heavy atom. The number of likely N-dealkylation sites (tertiary alicyclic amines) is 1. The van der Waals surface area contributed by atoms with Crippen LogP contribution in [0.25, 0.3) is 0 Å². The fourth-order valence-electron chi connectivity index (χ4n) is 1.28. The molecule has 0 radical (unpaired) electrons. The Hall–Kier alpha value is -1.44. The van der Waals surface area contributed by atoms with Gasteiger partial charge in [0.05, 0.1) is 0 Å². The van der Waals surface area contributed by atoms with Crippen molar-refractivity contribution in [3.05, 3.63) is 20.2 Å². The van der Waals surface area contributed by atoms with E-state index < -0.39 is 34.5 Å². The standard InChI is InChI=1S/C6H8ClN3O5/c7-2-1-5(11)8-3-6(4-8,9(12)13)10(14)15/h1-4H2. The molecule has 0 spiro atoms. The van der Waals surface area contributed by atoms with Crippen LogP contribution in [0.5, 0.6) is 0 Å². The summed E-state index contributed by atoms with van der Waals surface area (Å²) in [5.41, 5.74) is -2.22. The first-order valence-electron chi connectivity index (χ1n) is 4.07. The molecular formula is C6H8ClN3O5. The minimum absolute atomic E-state index is 0.0348. The number of halogens is 1. The first kappa shape index (κ1) is 11.6. The lowest BCUT2D eigenvalue weighted by Crippen LogP contribution is -2.71. The van der Waals surface area contributed by atoms with E-state index in [1.165, 1.54) is 0 Å². The van der Waals surface area contributed by atoms with E-state index in [0.29, 0.717) is 0 Å². The Morgan fingerprint density at radius 2 is 1.80 bits per heavy atom. The molecular weight excluding hydrogens is 230 g/mol. The summed E-state index contributed by atoms with van der Waals surface area (Å²) in [5, 5.41) is 20.9. The number of carbonyl (C=O) groups excluding carboxylic acids is 1. The van der Waals surface area contributed by atoms with Crippen LogP contribution in [0.1, 0.15) is 6.42 Å². The molecule has 0 aliphatic carbocycles. The highest BCUT2D eigenvalue weighted by Gasteiger charge is 2.67. The van der Waals surface area contributed by atoms with Gasteiger partial charge < -0.3 is 4.90 Å². The molecule has 1 fully saturated rings.